The average molecular weight is 466 g/mol. The fraction of sp³-hybridized carbons (Fsp3) is 0.765. The molecule has 2 unspecified atom stereocenters. The van der Waals surface area contributed by atoms with Crippen LogP contribution in [0, 0.1) is 5.41 Å². The molecule has 2 N–H and O–H groups in total. The van der Waals surface area contributed by atoms with Crippen molar-refractivity contribution in [1.82, 2.24) is 25.3 Å². The number of nitrogens with one attached hydrogen (secondary N) is 2. The van der Waals surface area contributed by atoms with Crippen LogP contribution < -0.4 is 10.6 Å². The first-order chi connectivity index (χ1) is 11.2. The molecule has 1 heterocycles. The number of likely N-dealkylation sites (N-methyl/N-ethyl adjacent to an activating group) is 1. The van der Waals surface area contributed by atoms with Crippen molar-refractivity contribution in [2.45, 2.75) is 32.9 Å². The Morgan fingerprint density at radius 2 is 1.92 bits per heavy atom. The minimum Gasteiger partial charge on any atom is -0.379 e. The molecule has 0 fully saturated rings. The molecule has 146 valence electrons. The first kappa shape index (κ1) is 24.1. The summed E-state index contributed by atoms with van der Waals surface area (Å²) in [5.41, 5.74) is 1.25. The molecule has 2 atom stereocenters. The summed E-state index contributed by atoms with van der Waals surface area (Å²) in [5.74, 6) is 0.775. The Labute approximate surface area is 169 Å². The molecule has 0 aliphatic rings. The Morgan fingerprint density at radius 1 is 1.32 bits per heavy atom. The Kier molecular flexibility index (Phi) is 10.6. The van der Waals surface area contributed by atoms with Gasteiger partial charge in [0.15, 0.2) is 5.96 Å². The van der Waals surface area contributed by atoms with E-state index in [1.807, 2.05) is 24.1 Å². The molecule has 7 nitrogen and oxygen atoms in total. The number of hydrogen-bond acceptors (Lipinski definition) is 4. The maximum absolute atomic E-state index is 5.58. The topological polar surface area (TPSA) is 66.7 Å². The van der Waals surface area contributed by atoms with Gasteiger partial charge in [-0.1, -0.05) is 20.8 Å². The molecule has 8 heteroatoms. The minimum atomic E-state index is 0. The zero-order valence-electron chi connectivity index (χ0n) is 16.8. The monoisotopic (exact) mass is 466 g/mol. The largest absolute Gasteiger partial charge is 0.379 e. The van der Waals surface area contributed by atoms with E-state index >= 15 is 0 Å². The van der Waals surface area contributed by atoms with Gasteiger partial charge in [-0.25, -0.2) is 0 Å². The van der Waals surface area contributed by atoms with Gasteiger partial charge in [0.05, 0.1) is 18.3 Å². The summed E-state index contributed by atoms with van der Waals surface area (Å²) < 4.78 is 7.41. The lowest BCUT2D eigenvalue weighted by Crippen LogP contribution is -2.47. The lowest BCUT2D eigenvalue weighted by atomic mass is 9.89. The first-order valence-electron chi connectivity index (χ1n) is 8.31. The highest BCUT2D eigenvalue weighted by Crippen LogP contribution is 2.21. The van der Waals surface area contributed by atoms with Crippen molar-refractivity contribution in [1.29, 1.82) is 0 Å². The third-order valence-corrected chi connectivity index (χ3v) is 4.12. The molecule has 0 bridgehead atoms. The van der Waals surface area contributed by atoms with Crippen LogP contribution in [-0.4, -0.2) is 68.1 Å². The van der Waals surface area contributed by atoms with E-state index in [0.29, 0.717) is 6.54 Å². The number of halogens is 1. The van der Waals surface area contributed by atoms with E-state index in [-0.39, 0.29) is 41.5 Å². The van der Waals surface area contributed by atoms with Crippen LogP contribution in [0.2, 0.25) is 0 Å². The average Bonchev–Trinajstić information content (AvgIpc) is 2.90. The fourth-order valence-corrected chi connectivity index (χ4v) is 2.56. The van der Waals surface area contributed by atoms with Crippen molar-refractivity contribution in [3.8, 4) is 0 Å². The van der Waals surface area contributed by atoms with Crippen LogP contribution in [0.25, 0.3) is 0 Å². The van der Waals surface area contributed by atoms with Gasteiger partial charge in [0.25, 0.3) is 0 Å². The van der Waals surface area contributed by atoms with E-state index < -0.39 is 0 Å². The molecule has 0 saturated carbocycles. The van der Waals surface area contributed by atoms with Crippen LogP contribution in [-0.2, 0) is 11.8 Å². The molecule has 0 aromatic carbocycles. The number of rotatable bonds is 7. The zero-order valence-corrected chi connectivity index (χ0v) is 19.2. The number of nitrogens with zero attached hydrogens (tertiary/aromatic N) is 4. The van der Waals surface area contributed by atoms with Gasteiger partial charge >= 0.3 is 0 Å². The Morgan fingerprint density at radius 3 is 2.32 bits per heavy atom. The molecule has 0 aliphatic heterocycles. The number of aromatic nitrogens is 2. The molecular weight excluding hydrogens is 431 g/mol. The smallest absolute Gasteiger partial charge is 0.191 e. The highest BCUT2D eigenvalue weighted by Gasteiger charge is 2.24. The summed E-state index contributed by atoms with van der Waals surface area (Å²) in [7, 11) is 9.59. The van der Waals surface area contributed by atoms with Crippen molar-refractivity contribution in [2.24, 2.45) is 17.5 Å². The van der Waals surface area contributed by atoms with E-state index in [9.17, 15) is 0 Å². The number of methoxy groups -OCH3 is 1. The molecule has 1 aromatic rings. The predicted octanol–water partition coefficient (Wildman–Crippen LogP) is 1.87. The van der Waals surface area contributed by atoms with Crippen molar-refractivity contribution in [3.05, 3.63) is 18.0 Å². The highest BCUT2D eigenvalue weighted by molar-refractivity contribution is 14.0. The Balaban J connectivity index is 0.00000576. The summed E-state index contributed by atoms with van der Waals surface area (Å²) in [4.78, 5) is 6.48. The molecule has 0 amide bonds. The van der Waals surface area contributed by atoms with E-state index in [1.165, 1.54) is 5.56 Å². The third-order valence-electron chi connectivity index (χ3n) is 4.12. The van der Waals surface area contributed by atoms with Crippen LogP contribution in [0.15, 0.2) is 17.4 Å². The van der Waals surface area contributed by atoms with Gasteiger partial charge in [0, 0.05) is 46.1 Å². The number of hydrogen-bond donors (Lipinski definition) is 2. The van der Waals surface area contributed by atoms with Gasteiger partial charge in [0.2, 0.25) is 0 Å². The molecule has 1 rings (SSSR count). The highest BCUT2D eigenvalue weighted by atomic mass is 127. The molecule has 25 heavy (non-hydrogen) atoms. The van der Waals surface area contributed by atoms with Gasteiger partial charge in [-0.2, -0.15) is 5.10 Å². The summed E-state index contributed by atoms with van der Waals surface area (Å²) in [6.07, 6.45) is 4.06. The third kappa shape index (κ3) is 7.91. The lowest BCUT2D eigenvalue weighted by Gasteiger charge is -2.30. The van der Waals surface area contributed by atoms with Crippen molar-refractivity contribution >= 4 is 29.9 Å². The number of ether oxygens (including phenoxy) is 1. The van der Waals surface area contributed by atoms with Gasteiger partial charge in [-0.3, -0.25) is 9.67 Å². The molecular formula is C17H35IN6O. The molecule has 0 saturated heterocycles. The van der Waals surface area contributed by atoms with Gasteiger partial charge < -0.3 is 20.3 Å². The maximum atomic E-state index is 5.58. The van der Waals surface area contributed by atoms with Gasteiger partial charge in [-0.15, -0.1) is 24.0 Å². The molecule has 0 radical (unpaired) electrons. The van der Waals surface area contributed by atoms with E-state index in [2.05, 4.69) is 60.5 Å². The molecule has 1 aromatic heterocycles. The maximum Gasteiger partial charge on any atom is 0.191 e. The normalized spacial score (nSPS) is 14.8. The van der Waals surface area contributed by atoms with E-state index in [1.54, 1.807) is 14.2 Å². The van der Waals surface area contributed by atoms with E-state index in [0.717, 1.165) is 12.5 Å². The van der Waals surface area contributed by atoms with E-state index in [4.69, 9.17) is 4.74 Å². The number of aryl methyl sites for hydroxylation is 1. The standard InChI is InChI=1S/C17H34N6O.HI/c1-17(2,3)15(24-8)11-20-16(18-4)19-10-14(22(5)6)13-9-21-23(7)12-13;/h9,12,14-15H,10-11H2,1-8H3,(H2,18,19,20);1H. The quantitative estimate of drug-likeness (QED) is 0.365. The molecule has 0 spiro atoms. The second-order valence-electron chi connectivity index (χ2n) is 7.35. The first-order valence-corrected chi connectivity index (χ1v) is 8.31. The van der Waals surface area contributed by atoms with Crippen molar-refractivity contribution in [3.63, 3.8) is 0 Å². The summed E-state index contributed by atoms with van der Waals surface area (Å²) in [5, 5.41) is 11.0. The minimum absolute atomic E-state index is 0. The van der Waals surface area contributed by atoms with Crippen molar-refractivity contribution in [2.75, 3.05) is 41.3 Å². The SMILES string of the molecule is CN=C(NCC(c1cnn(C)c1)N(C)C)NCC(OC)C(C)(C)C.I. The summed E-state index contributed by atoms with van der Waals surface area (Å²) >= 11 is 0. The zero-order chi connectivity index (χ0) is 18.3. The van der Waals surface area contributed by atoms with Gasteiger partial charge in [0.1, 0.15) is 0 Å². The van der Waals surface area contributed by atoms with Crippen LogP contribution in [0.3, 0.4) is 0 Å². The van der Waals surface area contributed by atoms with Crippen LogP contribution in [0.1, 0.15) is 32.4 Å². The number of guanidine groups is 1. The second kappa shape index (κ2) is 11.0. The molecule has 0 aliphatic carbocycles. The number of aliphatic imine (C=N–C) groups is 1. The lowest BCUT2D eigenvalue weighted by molar-refractivity contribution is 0.0205. The second-order valence-corrected chi connectivity index (χ2v) is 7.35. The Hall–Kier alpha value is -0.870. The van der Waals surface area contributed by atoms with Crippen LogP contribution in [0.5, 0.6) is 0 Å². The summed E-state index contributed by atoms with van der Waals surface area (Å²) in [6, 6.07) is 0.220. The van der Waals surface area contributed by atoms with Gasteiger partial charge in [-0.05, 0) is 19.5 Å². The predicted molar refractivity (Wildman–Crippen MR) is 115 cm³/mol. The van der Waals surface area contributed by atoms with Crippen molar-refractivity contribution < 1.29 is 4.74 Å². The van der Waals surface area contributed by atoms with Crippen LogP contribution >= 0.6 is 24.0 Å². The summed E-state index contributed by atoms with van der Waals surface area (Å²) in [6.45, 7) is 7.96. The van der Waals surface area contributed by atoms with Crippen LogP contribution in [0.4, 0.5) is 0 Å². The Bertz CT molecular complexity index is 523. The fourth-order valence-electron chi connectivity index (χ4n) is 2.56.